The molecule has 2 aliphatic heterocycles. The molecule has 7 heteroatoms. The molecular formula is C21H27N5O2. The number of aryl methyl sites for hydroxylation is 1. The van der Waals surface area contributed by atoms with Crippen molar-refractivity contribution in [3.05, 3.63) is 30.0 Å². The molecule has 0 saturated carbocycles. The summed E-state index contributed by atoms with van der Waals surface area (Å²) in [6.07, 6.45) is 2.55. The van der Waals surface area contributed by atoms with E-state index in [2.05, 4.69) is 32.5 Å². The van der Waals surface area contributed by atoms with Gasteiger partial charge in [0, 0.05) is 55.8 Å². The zero-order chi connectivity index (χ0) is 19.9. The number of nitrogens with one attached hydrogen (secondary N) is 1. The molecule has 1 atom stereocenters. The van der Waals surface area contributed by atoms with Gasteiger partial charge in [-0.05, 0) is 26.2 Å². The highest BCUT2D eigenvalue weighted by Gasteiger charge is 2.48. The lowest BCUT2D eigenvalue weighted by Gasteiger charge is -2.45. The molecule has 2 aromatic rings. The van der Waals surface area contributed by atoms with Crippen molar-refractivity contribution in [2.24, 2.45) is 0 Å². The zero-order valence-corrected chi connectivity index (χ0v) is 16.7. The van der Waals surface area contributed by atoms with Crippen LogP contribution < -0.4 is 10.2 Å². The standard InChI is InChI=1S/C21H27N5O2/c1-14-18-6-4-5-7-19(18)20(24-23-14)25-10-8-21(9-11-25)12-17(22-15(2)27)13-26(21)16(3)28/h4-7,17H,8-13H2,1-3H3,(H,22,27). The van der Waals surface area contributed by atoms with Crippen molar-refractivity contribution in [3.63, 3.8) is 0 Å². The van der Waals surface area contributed by atoms with Crippen LogP contribution in [0.4, 0.5) is 5.82 Å². The topological polar surface area (TPSA) is 78.4 Å². The van der Waals surface area contributed by atoms with E-state index < -0.39 is 0 Å². The number of amides is 2. The Labute approximate surface area is 165 Å². The first-order valence-electron chi connectivity index (χ1n) is 9.92. The number of aromatic nitrogens is 2. The van der Waals surface area contributed by atoms with Crippen molar-refractivity contribution in [1.82, 2.24) is 20.4 Å². The van der Waals surface area contributed by atoms with Gasteiger partial charge >= 0.3 is 0 Å². The number of likely N-dealkylation sites (tertiary alicyclic amines) is 1. The molecule has 4 rings (SSSR count). The highest BCUT2D eigenvalue weighted by molar-refractivity contribution is 5.93. The Kier molecular flexibility index (Phi) is 4.69. The van der Waals surface area contributed by atoms with Gasteiger partial charge in [-0.3, -0.25) is 9.59 Å². The summed E-state index contributed by atoms with van der Waals surface area (Å²) in [6.45, 7) is 7.38. The minimum absolute atomic E-state index is 0.0351. The molecule has 3 heterocycles. The molecule has 2 aliphatic rings. The SMILES string of the molecule is CC(=O)NC1CN(C(C)=O)C2(CCN(c3nnc(C)c4ccccc34)CC2)C1. The van der Waals surface area contributed by atoms with E-state index >= 15 is 0 Å². The van der Waals surface area contributed by atoms with E-state index in [4.69, 9.17) is 0 Å². The largest absolute Gasteiger partial charge is 0.354 e. The molecule has 7 nitrogen and oxygen atoms in total. The number of piperidine rings is 1. The summed E-state index contributed by atoms with van der Waals surface area (Å²) < 4.78 is 0. The Bertz CT molecular complexity index is 920. The van der Waals surface area contributed by atoms with E-state index in [1.54, 1.807) is 6.92 Å². The molecule has 2 amide bonds. The second-order valence-electron chi connectivity index (χ2n) is 8.10. The predicted octanol–water partition coefficient (Wildman–Crippen LogP) is 2.03. The summed E-state index contributed by atoms with van der Waals surface area (Å²) in [7, 11) is 0. The zero-order valence-electron chi connectivity index (χ0n) is 16.7. The van der Waals surface area contributed by atoms with Gasteiger partial charge in [0.05, 0.1) is 5.69 Å². The highest BCUT2D eigenvalue weighted by atomic mass is 16.2. The van der Waals surface area contributed by atoms with Crippen molar-refractivity contribution < 1.29 is 9.59 Å². The van der Waals surface area contributed by atoms with Crippen molar-refractivity contribution in [3.8, 4) is 0 Å². The third-order valence-corrected chi connectivity index (χ3v) is 6.24. The van der Waals surface area contributed by atoms with E-state index in [0.29, 0.717) is 6.54 Å². The van der Waals surface area contributed by atoms with Crippen LogP contribution in [0.2, 0.25) is 0 Å². The fraction of sp³-hybridized carbons (Fsp3) is 0.524. The van der Waals surface area contributed by atoms with Gasteiger partial charge in [0.2, 0.25) is 11.8 Å². The number of carbonyl (C=O) groups is 2. The van der Waals surface area contributed by atoms with E-state index in [1.807, 2.05) is 24.0 Å². The molecule has 0 aliphatic carbocycles. The molecule has 1 aromatic carbocycles. The number of rotatable bonds is 2. The predicted molar refractivity (Wildman–Crippen MR) is 108 cm³/mol. The van der Waals surface area contributed by atoms with Gasteiger partial charge in [0.15, 0.2) is 5.82 Å². The normalized spacial score (nSPS) is 21.3. The van der Waals surface area contributed by atoms with Gasteiger partial charge in [-0.15, -0.1) is 5.10 Å². The van der Waals surface area contributed by atoms with Crippen molar-refractivity contribution in [2.75, 3.05) is 24.5 Å². The van der Waals surface area contributed by atoms with Crippen molar-refractivity contribution in [1.29, 1.82) is 0 Å². The number of benzene rings is 1. The quantitative estimate of drug-likeness (QED) is 0.861. The molecule has 2 saturated heterocycles. The van der Waals surface area contributed by atoms with E-state index in [0.717, 1.165) is 54.6 Å². The average molecular weight is 381 g/mol. The first kappa shape index (κ1) is 18.7. The Hall–Kier alpha value is -2.70. The fourth-order valence-electron chi connectivity index (χ4n) is 4.96. The second-order valence-corrected chi connectivity index (χ2v) is 8.10. The summed E-state index contributed by atoms with van der Waals surface area (Å²) in [6, 6.07) is 8.28. The monoisotopic (exact) mass is 381 g/mol. The van der Waals surface area contributed by atoms with E-state index in [-0.39, 0.29) is 23.4 Å². The molecule has 0 bridgehead atoms. The van der Waals surface area contributed by atoms with Crippen LogP contribution in [-0.2, 0) is 9.59 Å². The minimum Gasteiger partial charge on any atom is -0.354 e. The molecule has 1 aromatic heterocycles. The maximum Gasteiger partial charge on any atom is 0.219 e. The number of hydrogen-bond acceptors (Lipinski definition) is 5. The Morgan fingerprint density at radius 3 is 2.43 bits per heavy atom. The fourth-order valence-corrected chi connectivity index (χ4v) is 4.96. The third kappa shape index (κ3) is 3.19. The number of carbonyl (C=O) groups excluding carboxylic acids is 2. The third-order valence-electron chi connectivity index (χ3n) is 6.24. The maximum atomic E-state index is 12.3. The number of fused-ring (bicyclic) bond motifs is 1. The van der Waals surface area contributed by atoms with Crippen LogP contribution in [0.1, 0.15) is 38.8 Å². The summed E-state index contributed by atoms with van der Waals surface area (Å²) in [4.78, 5) is 28.0. The molecule has 1 spiro atoms. The van der Waals surface area contributed by atoms with Crippen LogP contribution in [0, 0.1) is 6.92 Å². The van der Waals surface area contributed by atoms with Gasteiger partial charge in [-0.2, -0.15) is 5.10 Å². The van der Waals surface area contributed by atoms with Crippen LogP contribution >= 0.6 is 0 Å². The summed E-state index contributed by atoms with van der Waals surface area (Å²) >= 11 is 0. The lowest BCUT2D eigenvalue weighted by atomic mass is 9.84. The average Bonchev–Trinajstić information content (AvgIpc) is 3.00. The Balaban J connectivity index is 1.57. The smallest absolute Gasteiger partial charge is 0.219 e. The van der Waals surface area contributed by atoms with Crippen LogP contribution in [-0.4, -0.2) is 58.1 Å². The maximum absolute atomic E-state index is 12.3. The molecule has 0 radical (unpaired) electrons. The van der Waals surface area contributed by atoms with Gasteiger partial charge in [0.25, 0.3) is 0 Å². The minimum atomic E-state index is -0.177. The first-order chi connectivity index (χ1) is 13.4. The molecule has 1 unspecified atom stereocenters. The van der Waals surface area contributed by atoms with Gasteiger partial charge < -0.3 is 15.1 Å². The summed E-state index contributed by atoms with van der Waals surface area (Å²) in [5, 5.41) is 14.1. The molecule has 28 heavy (non-hydrogen) atoms. The summed E-state index contributed by atoms with van der Waals surface area (Å²) in [5.41, 5.74) is 0.758. The van der Waals surface area contributed by atoms with Crippen molar-refractivity contribution >= 4 is 28.4 Å². The van der Waals surface area contributed by atoms with Gasteiger partial charge in [-0.1, -0.05) is 24.3 Å². The number of anilines is 1. The first-order valence-corrected chi connectivity index (χ1v) is 9.92. The van der Waals surface area contributed by atoms with Crippen molar-refractivity contribution in [2.45, 2.75) is 51.6 Å². The molecular weight excluding hydrogens is 354 g/mol. The number of hydrogen-bond donors (Lipinski definition) is 1. The van der Waals surface area contributed by atoms with Gasteiger partial charge in [-0.25, -0.2) is 0 Å². The van der Waals surface area contributed by atoms with E-state index in [1.165, 1.54) is 6.92 Å². The Morgan fingerprint density at radius 1 is 1.11 bits per heavy atom. The molecule has 2 fully saturated rings. The lowest BCUT2D eigenvalue weighted by molar-refractivity contribution is -0.133. The van der Waals surface area contributed by atoms with E-state index in [9.17, 15) is 9.59 Å². The van der Waals surface area contributed by atoms with Crippen LogP contribution in [0.5, 0.6) is 0 Å². The summed E-state index contributed by atoms with van der Waals surface area (Å²) in [5.74, 6) is 0.966. The van der Waals surface area contributed by atoms with Crippen LogP contribution in [0.15, 0.2) is 24.3 Å². The highest BCUT2D eigenvalue weighted by Crippen LogP contribution is 2.40. The lowest BCUT2D eigenvalue weighted by Crippen LogP contribution is -2.53. The van der Waals surface area contributed by atoms with Gasteiger partial charge in [0.1, 0.15) is 0 Å². The Morgan fingerprint density at radius 2 is 1.79 bits per heavy atom. The second kappa shape index (κ2) is 7.04. The van der Waals surface area contributed by atoms with Crippen LogP contribution in [0.3, 0.4) is 0 Å². The number of nitrogens with zero attached hydrogens (tertiary/aromatic N) is 4. The van der Waals surface area contributed by atoms with Crippen LogP contribution in [0.25, 0.3) is 10.8 Å². The molecule has 1 N–H and O–H groups in total. The molecule has 148 valence electrons.